The van der Waals surface area contributed by atoms with Crippen LogP contribution in [0.1, 0.15) is 23.0 Å². The SMILES string of the molecule is CC(=O)N1/C(=C/c2ccc3c(ccn3S(C)(=O)=O)n2)C(=O)c2ccccc21. The maximum absolute atomic E-state index is 12.7. The zero-order valence-electron chi connectivity index (χ0n) is 14.6. The van der Waals surface area contributed by atoms with Crippen LogP contribution in [0, 0.1) is 0 Å². The molecule has 27 heavy (non-hydrogen) atoms. The maximum atomic E-state index is 12.7. The van der Waals surface area contributed by atoms with E-state index in [0.29, 0.717) is 28.0 Å². The molecule has 4 rings (SSSR count). The minimum absolute atomic E-state index is 0.220. The Labute approximate surface area is 155 Å². The number of benzene rings is 1. The lowest BCUT2D eigenvalue weighted by molar-refractivity contribution is -0.116. The number of anilines is 1. The average molecular weight is 381 g/mol. The van der Waals surface area contributed by atoms with Crippen molar-refractivity contribution in [3.05, 3.63) is 65.6 Å². The first-order chi connectivity index (χ1) is 12.8. The smallest absolute Gasteiger partial charge is 0.236 e. The quantitative estimate of drug-likeness (QED) is 0.636. The molecule has 3 aromatic rings. The lowest BCUT2D eigenvalue weighted by Gasteiger charge is -2.15. The average Bonchev–Trinajstić information content (AvgIpc) is 3.15. The van der Waals surface area contributed by atoms with Gasteiger partial charge in [0.25, 0.3) is 0 Å². The summed E-state index contributed by atoms with van der Waals surface area (Å²) < 4.78 is 24.7. The highest BCUT2D eigenvalue weighted by molar-refractivity contribution is 7.89. The van der Waals surface area contributed by atoms with Gasteiger partial charge in [0.15, 0.2) is 0 Å². The number of rotatable bonds is 2. The monoisotopic (exact) mass is 381 g/mol. The fraction of sp³-hybridized carbons (Fsp3) is 0.105. The molecule has 0 saturated carbocycles. The molecular weight excluding hydrogens is 366 g/mol. The fourth-order valence-electron chi connectivity index (χ4n) is 3.22. The Kier molecular flexibility index (Phi) is 3.74. The molecule has 0 radical (unpaired) electrons. The number of ketones is 1. The summed E-state index contributed by atoms with van der Waals surface area (Å²) in [5.74, 6) is -0.528. The van der Waals surface area contributed by atoms with Gasteiger partial charge in [-0.25, -0.2) is 17.4 Å². The lowest BCUT2D eigenvalue weighted by atomic mass is 10.1. The van der Waals surface area contributed by atoms with Crippen LogP contribution in [0.15, 0.2) is 54.4 Å². The van der Waals surface area contributed by atoms with E-state index in [-0.39, 0.29) is 17.4 Å². The van der Waals surface area contributed by atoms with Gasteiger partial charge in [-0.1, -0.05) is 12.1 Å². The number of carbonyl (C=O) groups is 2. The molecule has 7 nitrogen and oxygen atoms in total. The van der Waals surface area contributed by atoms with E-state index in [1.165, 1.54) is 18.0 Å². The molecule has 0 aliphatic carbocycles. The van der Waals surface area contributed by atoms with Gasteiger partial charge in [-0.05, 0) is 36.4 Å². The Morgan fingerprint density at radius 2 is 1.85 bits per heavy atom. The van der Waals surface area contributed by atoms with Crippen molar-refractivity contribution >= 4 is 44.5 Å². The van der Waals surface area contributed by atoms with Gasteiger partial charge in [-0.3, -0.25) is 14.5 Å². The molecule has 1 aliphatic heterocycles. The number of para-hydroxylation sites is 1. The first kappa shape index (κ1) is 17.2. The number of hydrogen-bond acceptors (Lipinski definition) is 5. The van der Waals surface area contributed by atoms with Crippen molar-refractivity contribution in [1.82, 2.24) is 8.96 Å². The number of pyridine rings is 1. The van der Waals surface area contributed by atoms with Crippen molar-refractivity contribution < 1.29 is 18.0 Å². The van der Waals surface area contributed by atoms with Crippen LogP contribution in [0.3, 0.4) is 0 Å². The highest BCUT2D eigenvalue weighted by Crippen LogP contribution is 2.35. The van der Waals surface area contributed by atoms with E-state index in [4.69, 9.17) is 0 Å². The van der Waals surface area contributed by atoms with E-state index in [1.54, 1.807) is 48.5 Å². The summed E-state index contributed by atoms with van der Waals surface area (Å²) >= 11 is 0. The number of amides is 1. The van der Waals surface area contributed by atoms with Gasteiger partial charge in [0.1, 0.15) is 0 Å². The summed E-state index contributed by atoms with van der Waals surface area (Å²) in [5, 5.41) is 0. The topological polar surface area (TPSA) is 89.3 Å². The Morgan fingerprint density at radius 3 is 2.56 bits per heavy atom. The van der Waals surface area contributed by atoms with Crippen molar-refractivity contribution in [2.45, 2.75) is 6.92 Å². The van der Waals surface area contributed by atoms with E-state index >= 15 is 0 Å². The molecule has 1 aromatic carbocycles. The van der Waals surface area contributed by atoms with Gasteiger partial charge >= 0.3 is 0 Å². The Balaban J connectivity index is 1.84. The fourth-order valence-corrected chi connectivity index (χ4v) is 4.01. The molecule has 0 N–H and O–H groups in total. The van der Waals surface area contributed by atoms with Crippen LogP contribution in [0.4, 0.5) is 5.69 Å². The number of allylic oxidation sites excluding steroid dienone is 1. The van der Waals surface area contributed by atoms with Crippen LogP contribution in [0.5, 0.6) is 0 Å². The lowest BCUT2D eigenvalue weighted by Crippen LogP contribution is -2.25. The van der Waals surface area contributed by atoms with Crippen LogP contribution < -0.4 is 4.90 Å². The predicted molar refractivity (Wildman–Crippen MR) is 102 cm³/mol. The van der Waals surface area contributed by atoms with Crippen LogP contribution in [0.25, 0.3) is 17.1 Å². The summed E-state index contributed by atoms with van der Waals surface area (Å²) in [7, 11) is -3.43. The van der Waals surface area contributed by atoms with E-state index in [2.05, 4.69) is 4.98 Å². The molecule has 2 aromatic heterocycles. The van der Waals surface area contributed by atoms with Gasteiger partial charge in [-0.2, -0.15) is 0 Å². The van der Waals surface area contributed by atoms with Crippen molar-refractivity contribution in [3.8, 4) is 0 Å². The van der Waals surface area contributed by atoms with Crippen molar-refractivity contribution in [1.29, 1.82) is 0 Å². The molecule has 0 fully saturated rings. The number of nitrogens with zero attached hydrogens (tertiary/aromatic N) is 3. The maximum Gasteiger partial charge on any atom is 0.236 e. The normalized spacial score (nSPS) is 15.6. The first-order valence-corrected chi connectivity index (χ1v) is 9.97. The summed E-state index contributed by atoms with van der Waals surface area (Å²) in [6, 6.07) is 11.7. The molecule has 0 unspecified atom stereocenters. The molecule has 0 atom stereocenters. The molecule has 0 saturated heterocycles. The minimum atomic E-state index is -3.43. The molecule has 0 spiro atoms. The second-order valence-corrected chi connectivity index (χ2v) is 8.10. The summed E-state index contributed by atoms with van der Waals surface area (Å²) in [6.07, 6.45) is 4.09. The minimum Gasteiger partial charge on any atom is -0.287 e. The van der Waals surface area contributed by atoms with E-state index in [9.17, 15) is 18.0 Å². The molecule has 1 amide bonds. The summed E-state index contributed by atoms with van der Waals surface area (Å²) in [5.41, 5.74) is 2.61. The summed E-state index contributed by atoms with van der Waals surface area (Å²) in [4.78, 5) is 30.6. The van der Waals surface area contributed by atoms with Gasteiger partial charge in [0.05, 0.1) is 34.4 Å². The zero-order valence-corrected chi connectivity index (χ0v) is 15.4. The van der Waals surface area contributed by atoms with Crippen LogP contribution in [-0.2, 0) is 14.8 Å². The molecular formula is C19H15N3O4S. The van der Waals surface area contributed by atoms with Crippen LogP contribution in [-0.4, -0.2) is 35.3 Å². The Bertz CT molecular complexity index is 1250. The van der Waals surface area contributed by atoms with Gasteiger partial charge < -0.3 is 0 Å². The largest absolute Gasteiger partial charge is 0.287 e. The number of fused-ring (bicyclic) bond motifs is 2. The molecule has 136 valence electrons. The van der Waals surface area contributed by atoms with Crippen LogP contribution >= 0.6 is 0 Å². The number of hydrogen-bond donors (Lipinski definition) is 0. The predicted octanol–water partition coefficient (Wildman–Crippen LogP) is 2.43. The van der Waals surface area contributed by atoms with Gasteiger partial charge in [-0.15, -0.1) is 0 Å². The van der Waals surface area contributed by atoms with E-state index < -0.39 is 10.0 Å². The van der Waals surface area contributed by atoms with Crippen LogP contribution in [0.2, 0.25) is 0 Å². The third-order valence-electron chi connectivity index (χ3n) is 4.35. The molecule has 1 aliphatic rings. The zero-order chi connectivity index (χ0) is 19.3. The Morgan fingerprint density at radius 1 is 1.11 bits per heavy atom. The number of carbonyl (C=O) groups excluding carboxylic acids is 2. The molecule has 8 heteroatoms. The number of aromatic nitrogens is 2. The van der Waals surface area contributed by atoms with Gasteiger partial charge in [0, 0.05) is 18.7 Å². The molecule has 0 bridgehead atoms. The summed E-state index contributed by atoms with van der Waals surface area (Å²) in [6.45, 7) is 1.39. The van der Waals surface area contributed by atoms with Gasteiger partial charge in [0.2, 0.25) is 21.7 Å². The third kappa shape index (κ3) is 2.74. The standard InChI is InChI=1S/C19H15N3O4S/c1-12(23)22-16-6-4-3-5-14(16)19(24)18(22)11-13-7-8-17-15(20-13)9-10-21(17)27(2,25)26/h3-11H,1-2H3/b18-11+. The highest BCUT2D eigenvalue weighted by Gasteiger charge is 2.34. The van der Waals surface area contributed by atoms with Crippen molar-refractivity contribution in [2.75, 3.05) is 11.2 Å². The van der Waals surface area contributed by atoms with E-state index in [1.807, 2.05) is 0 Å². The second-order valence-electron chi connectivity index (χ2n) is 6.25. The van der Waals surface area contributed by atoms with E-state index in [0.717, 1.165) is 10.2 Å². The highest BCUT2D eigenvalue weighted by atomic mass is 32.2. The Hall–Kier alpha value is -3.26. The second kappa shape index (κ2) is 5.88. The number of Topliss-reactive ketones (excluding diaryl/α,β-unsaturated/α-hetero) is 1. The van der Waals surface area contributed by atoms with Crippen molar-refractivity contribution in [3.63, 3.8) is 0 Å². The first-order valence-electron chi connectivity index (χ1n) is 8.12. The third-order valence-corrected chi connectivity index (χ3v) is 5.38. The van der Waals surface area contributed by atoms with Crippen molar-refractivity contribution in [2.24, 2.45) is 0 Å². The molecule has 3 heterocycles.